The van der Waals surface area contributed by atoms with Gasteiger partial charge in [-0.1, -0.05) is 59.2 Å². The molecule has 170 valence electrons. The lowest BCUT2D eigenvalue weighted by molar-refractivity contribution is -0.115. The summed E-state index contributed by atoms with van der Waals surface area (Å²) in [6.07, 6.45) is 5.26. The first-order valence-electron chi connectivity index (χ1n) is 11.2. The zero-order valence-electron chi connectivity index (χ0n) is 20.3. The van der Waals surface area contributed by atoms with Gasteiger partial charge in [-0.15, -0.1) is 0 Å². The Morgan fingerprint density at radius 2 is 1.42 bits per heavy atom. The third-order valence-corrected chi connectivity index (χ3v) is 5.87. The number of allylic oxidation sites excluding steroid dienone is 5. The average Bonchev–Trinajstić information content (AvgIpc) is 3.35. The summed E-state index contributed by atoms with van der Waals surface area (Å²) in [5.41, 5.74) is 3.94. The number of benzene rings is 1. The van der Waals surface area contributed by atoms with Crippen molar-refractivity contribution in [3.05, 3.63) is 88.4 Å². The van der Waals surface area contributed by atoms with Crippen LogP contribution in [0, 0.1) is 17.8 Å². The topological polar surface area (TPSA) is 62.9 Å². The van der Waals surface area contributed by atoms with E-state index in [1.54, 1.807) is 18.4 Å². The summed E-state index contributed by atoms with van der Waals surface area (Å²) in [7, 11) is 0. The summed E-state index contributed by atoms with van der Waals surface area (Å²) < 4.78 is 5.65. The maximum atomic E-state index is 13.8. The second-order valence-corrected chi connectivity index (χ2v) is 10.7. The summed E-state index contributed by atoms with van der Waals surface area (Å²) in [4.78, 5) is 27.1. The summed E-state index contributed by atoms with van der Waals surface area (Å²) in [5, 5.41) is 6.07. The molecule has 2 aromatic rings. The van der Waals surface area contributed by atoms with Crippen molar-refractivity contribution in [3.8, 4) is 0 Å². The van der Waals surface area contributed by atoms with Crippen LogP contribution in [0.3, 0.4) is 0 Å². The smallest absolute Gasteiger partial charge is 0.281 e. The van der Waals surface area contributed by atoms with E-state index < -0.39 is 0 Å². The first kappa shape index (κ1) is 22.7. The Bertz CT molecular complexity index is 1200. The van der Waals surface area contributed by atoms with Crippen molar-refractivity contribution < 1.29 is 14.0 Å². The van der Waals surface area contributed by atoms with Crippen LogP contribution in [0.2, 0.25) is 0 Å². The number of aryl methyl sites for hydroxylation is 1. The van der Waals surface area contributed by atoms with Crippen molar-refractivity contribution in [1.82, 2.24) is 0 Å². The summed E-state index contributed by atoms with van der Waals surface area (Å²) >= 11 is 0. The Hall–Kier alpha value is -3.47. The molecule has 0 spiro atoms. The van der Waals surface area contributed by atoms with Gasteiger partial charge in [0, 0.05) is 11.1 Å². The lowest BCUT2D eigenvalue weighted by Crippen LogP contribution is -2.29. The van der Waals surface area contributed by atoms with E-state index in [9.17, 15) is 9.59 Å². The second kappa shape index (κ2) is 7.84. The minimum atomic E-state index is -0.381. The fourth-order valence-electron chi connectivity index (χ4n) is 4.00. The molecule has 0 radical (unpaired) electrons. The number of amides is 1. The van der Waals surface area contributed by atoms with Crippen LogP contribution in [0.4, 0.5) is 5.69 Å². The molecule has 1 aliphatic carbocycles. The number of anilines is 1. The van der Waals surface area contributed by atoms with Gasteiger partial charge in [0.05, 0.1) is 17.5 Å². The van der Waals surface area contributed by atoms with Crippen molar-refractivity contribution in [2.24, 2.45) is 15.9 Å². The van der Waals surface area contributed by atoms with E-state index in [1.165, 1.54) is 5.01 Å². The summed E-state index contributed by atoms with van der Waals surface area (Å²) in [5.74, 6) is 0.286. The summed E-state index contributed by atoms with van der Waals surface area (Å²) in [6.45, 7) is 14.1. The quantitative estimate of drug-likeness (QED) is 0.523. The number of nitrogens with zero attached hydrogens (tertiary/aromatic N) is 2. The van der Waals surface area contributed by atoms with Crippen LogP contribution in [-0.2, 0) is 9.59 Å². The number of Topliss-reactive ketones (excluding diaryl/α,β-unsaturated/α-hetero) is 1. The molecule has 0 N–H and O–H groups in total. The lowest BCUT2D eigenvalue weighted by Gasteiger charge is -2.31. The molecule has 1 aromatic carbocycles. The highest BCUT2D eigenvalue weighted by Gasteiger charge is 2.39. The third-order valence-electron chi connectivity index (χ3n) is 5.87. The molecular weight excluding hydrogens is 412 g/mol. The molecule has 5 nitrogen and oxygen atoms in total. The van der Waals surface area contributed by atoms with Crippen LogP contribution in [-0.4, -0.2) is 17.4 Å². The number of ketones is 1. The van der Waals surface area contributed by atoms with Gasteiger partial charge < -0.3 is 4.42 Å². The van der Waals surface area contributed by atoms with E-state index in [0.29, 0.717) is 39.5 Å². The molecule has 2 aliphatic rings. The number of carbonyl (C=O) groups excluding carboxylic acids is 2. The van der Waals surface area contributed by atoms with E-state index in [4.69, 9.17) is 4.42 Å². The van der Waals surface area contributed by atoms with Crippen molar-refractivity contribution in [2.45, 2.75) is 48.5 Å². The Kier molecular flexibility index (Phi) is 5.39. The second-order valence-electron chi connectivity index (χ2n) is 10.7. The van der Waals surface area contributed by atoms with Gasteiger partial charge in [0.15, 0.2) is 11.5 Å². The van der Waals surface area contributed by atoms with Gasteiger partial charge in [-0.3, -0.25) is 9.59 Å². The van der Waals surface area contributed by atoms with Crippen molar-refractivity contribution in [1.29, 1.82) is 0 Å². The molecule has 0 saturated carbocycles. The minimum Gasteiger partial charge on any atom is -0.463 e. The normalized spacial score (nSPS) is 17.4. The predicted molar refractivity (Wildman–Crippen MR) is 131 cm³/mol. The highest BCUT2D eigenvalue weighted by atomic mass is 16.3. The number of hydrazone groups is 1. The number of hydrogen-bond acceptors (Lipinski definition) is 4. The molecule has 0 saturated heterocycles. The monoisotopic (exact) mass is 442 g/mol. The highest BCUT2D eigenvalue weighted by Crippen LogP contribution is 2.41. The maximum Gasteiger partial charge on any atom is 0.281 e. The van der Waals surface area contributed by atoms with Crippen molar-refractivity contribution in [3.63, 3.8) is 0 Å². The SMILES string of the molecule is Cc1ccc(N2N=C(c3ccco3)C(=C3C=C(C(C)(C)C)C(=O)C(C(C)(C)C)=C3)C2=O)cc1. The number of hydrogen-bond donors (Lipinski definition) is 0. The van der Waals surface area contributed by atoms with Gasteiger partial charge >= 0.3 is 0 Å². The summed E-state index contributed by atoms with van der Waals surface area (Å²) in [6, 6.07) is 11.2. The first-order chi connectivity index (χ1) is 15.4. The van der Waals surface area contributed by atoms with Gasteiger partial charge in [0.25, 0.3) is 5.91 Å². The molecule has 33 heavy (non-hydrogen) atoms. The minimum absolute atomic E-state index is 0.0247. The van der Waals surface area contributed by atoms with Gasteiger partial charge in [-0.25, -0.2) is 0 Å². The molecule has 0 bridgehead atoms. The Balaban J connectivity index is 1.97. The molecule has 1 amide bonds. The van der Waals surface area contributed by atoms with Crippen LogP contribution in [0.5, 0.6) is 0 Å². The molecule has 0 fully saturated rings. The van der Waals surface area contributed by atoms with Gasteiger partial charge in [-0.05, 0) is 59.7 Å². The van der Waals surface area contributed by atoms with Crippen LogP contribution in [0.1, 0.15) is 52.9 Å². The van der Waals surface area contributed by atoms with Crippen LogP contribution < -0.4 is 5.01 Å². The van der Waals surface area contributed by atoms with Crippen LogP contribution in [0.25, 0.3) is 0 Å². The molecule has 1 aromatic heterocycles. The van der Waals surface area contributed by atoms with Gasteiger partial charge in [0.1, 0.15) is 5.71 Å². The molecule has 4 rings (SSSR count). The fraction of sp³-hybridized carbons (Fsp3) is 0.321. The van der Waals surface area contributed by atoms with Crippen molar-refractivity contribution >= 4 is 23.1 Å². The Morgan fingerprint density at radius 1 is 0.848 bits per heavy atom. The van der Waals surface area contributed by atoms with E-state index >= 15 is 0 Å². The number of furan rings is 1. The van der Waals surface area contributed by atoms with Gasteiger partial charge in [0.2, 0.25) is 0 Å². The molecule has 1 aliphatic heterocycles. The zero-order valence-corrected chi connectivity index (χ0v) is 20.3. The van der Waals surface area contributed by atoms with Crippen molar-refractivity contribution in [2.75, 3.05) is 5.01 Å². The average molecular weight is 443 g/mol. The van der Waals surface area contributed by atoms with Crippen LogP contribution in [0.15, 0.2) is 86.6 Å². The maximum absolute atomic E-state index is 13.8. The molecule has 5 heteroatoms. The van der Waals surface area contributed by atoms with E-state index in [2.05, 4.69) is 5.10 Å². The Morgan fingerprint density at radius 3 is 1.91 bits per heavy atom. The van der Waals surface area contributed by atoms with E-state index in [0.717, 1.165) is 5.56 Å². The Labute approximate surface area is 195 Å². The molecule has 2 heterocycles. The largest absolute Gasteiger partial charge is 0.463 e. The van der Waals surface area contributed by atoms with Crippen LogP contribution >= 0.6 is 0 Å². The van der Waals surface area contributed by atoms with E-state index in [1.807, 2.05) is 84.9 Å². The highest BCUT2D eigenvalue weighted by molar-refractivity contribution is 6.35. The lowest BCUT2D eigenvalue weighted by atomic mass is 9.71. The standard InChI is InChI=1S/C28H30N2O3/c1-17-10-12-19(13-11-17)30-26(32)23(24(29-30)22-9-8-14-33-22)18-15-20(27(2,3)4)25(31)21(16-18)28(5,6)7/h8-16H,1-7H3. The molecule has 0 atom stereocenters. The zero-order chi connectivity index (χ0) is 24.1. The fourth-order valence-corrected chi connectivity index (χ4v) is 4.00. The van der Waals surface area contributed by atoms with Gasteiger partial charge in [-0.2, -0.15) is 10.1 Å². The number of rotatable bonds is 2. The van der Waals surface area contributed by atoms with E-state index in [-0.39, 0.29) is 22.5 Å². The third kappa shape index (κ3) is 4.15. The first-order valence-corrected chi connectivity index (χ1v) is 11.2. The number of carbonyl (C=O) groups is 2. The predicted octanol–water partition coefficient (Wildman–Crippen LogP) is 6.16. The molecular formula is C28H30N2O3. The molecule has 0 unspecified atom stereocenters.